The summed E-state index contributed by atoms with van der Waals surface area (Å²) in [5.41, 5.74) is 2.08. The number of hydrogen-bond acceptors (Lipinski definition) is 3. The standard InChI is InChI=1S/C14H14ClN3S/c1-9(16-8-10-6-7-13(15)19-10)14-17-11-4-2-3-5-12(11)18-14/h2-7,9,16H,8H2,1H3,(H,17,18). The van der Waals surface area contributed by atoms with Gasteiger partial charge in [0.25, 0.3) is 0 Å². The smallest absolute Gasteiger partial charge is 0.124 e. The third kappa shape index (κ3) is 2.81. The fourth-order valence-electron chi connectivity index (χ4n) is 1.97. The van der Waals surface area contributed by atoms with Crippen molar-refractivity contribution in [3.8, 4) is 0 Å². The zero-order valence-electron chi connectivity index (χ0n) is 10.5. The molecule has 98 valence electrons. The van der Waals surface area contributed by atoms with Crippen molar-refractivity contribution in [1.29, 1.82) is 0 Å². The van der Waals surface area contributed by atoms with E-state index < -0.39 is 0 Å². The van der Waals surface area contributed by atoms with Crippen molar-refractivity contribution in [2.75, 3.05) is 0 Å². The molecule has 5 heteroatoms. The summed E-state index contributed by atoms with van der Waals surface area (Å²) >= 11 is 7.52. The quantitative estimate of drug-likeness (QED) is 0.759. The Hall–Kier alpha value is -1.36. The predicted octanol–water partition coefficient (Wildman–Crippen LogP) is 4.13. The number of H-pyrrole nitrogens is 1. The third-order valence-corrected chi connectivity index (χ3v) is 4.26. The number of aromatic amines is 1. The van der Waals surface area contributed by atoms with Crippen LogP contribution in [0.4, 0.5) is 0 Å². The molecule has 3 aromatic rings. The molecule has 0 aliphatic rings. The lowest BCUT2D eigenvalue weighted by Crippen LogP contribution is -2.18. The molecule has 0 saturated carbocycles. The van der Waals surface area contributed by atoms with Gasteiger partial charge in [0, 0.05) is 11.4 Å². The molecule has 0 saturated heterocycles. The molecular formula is C14H14ClN3S. The van der Waals surface area contributed by atoms with Crippen LogP contribution in [0.2, 0.25) is 4.34 Å². The molecule has 0 amide bonds. The van der Waals surface area contributed by atoms with Crippen molar-refractivity contribution in [3.05, 3.63) is 51.4 Å². The molecule has 1 aromatic carbocycles. The van der Waals surface area contributed by atoms with Gasteiger partial charge < -0.3 is 10.3 Å². The van der Waals surface area contributed by atoms with E-state index in [9.17, 15) is 0 Å². The summed E-state index contributed by atoms with van der Waals surface area (Å²) in [4.78, 5) is 9.16. The summed E-state index contributed by atoms with van der Waals surface area (Å²) in [6.45, 7) is 2.91. The maximum Gasteiger partial charge on any atom is 0.124 e. The van der Waals surface area contributed by atoms with Crippen LogP contribution in [0.25, 0.3) is 11.0 Å². The largest absolute Gasteiger partial charge is 0.341 e. The van der Waals surface area contributed by atoms with E-state index in [0.29, 0.717) is 0 Å². The number of para-hydroxylation sites is 2. The molecule has 0 aliphatic heterocycles. The molecule has 2 heterocycles. The van der Waals surface area contributed by atoms with Crippen LogP contribution in [0.1, 0.15) is 23.7 Å². The van der Waals surface area contributed by atoms with E-state index in [1.807, 2.05) is 36.4 Å². The van der Waals surface area contributed by atoms with Crippen molar-refractivity contribution < 1.29 is 0 Å². The molecule has 0 aliphatic carbocycles. The van der Waals surface area contributed by atoms with Crippen molar-refractivity contribution in [2.24, 2.45) is 0 Å². The number of hydrogen-bond donors (Lipinski definition) is 2. The van der Waals surface area contributed by atoms with Crippen LogP contribution in [-0.4, -0.2) is 9.97 Å². The highest BCUT2D eigenvalue weighted by Gasteiger charge is 2.10. The summed E-state index contributed by atoms with van der Waals surface area (Å²) in [5.74, 6) is 0.962. The van der Waals surface area contributed by atoms with Gasteiger partial charge >= 0.3 is 0 Å². The number of imidazole rings is 1. The monoisotopic (exact) mass is 291 g/mol. The van der Waals surface area contributed by atoms with Crippen molar-refractivity contribution in [2.45, 2.75) is 19.5 Å². The number of aromatic nitrogens is 2. The molecule has 2 N–H and O–H groups in total. The Morgan fingerprint density at radius 1 is 1.32 bits per heavy atom. The van der Waals surface area contributed by atoms with Gasteiger partial charge in [0.05, 0.1) is 21.4 Å². The van der Waals surface area contributed by atoms with Gasteiger partial charge in [-0.2, -0.15) is 0 Å². The molecule has 3 nitrogen and oxygen atoms in total. The molecule has 1 atom stereocenters. The van der Waals surface area contributed by atoms with Gasteiger partial charge in [-0.05, 0) is 31.2 Å². The molecule has 0 radical (unpaired) electrons. The van der Waals surface area contributed by atoms with Crippen molar-refractivity contribution in [3.63, 3.8) is 0 Å². The third-order valence-electron chi connectivity index (χ3n) is 3.03. The molecule has 0 fully saturated rings. The van der Waals surface area contributed by atoms with Crippen LogP contribution in [0.15, 0.2) is 36.4 Å². The topological polar surface area (TPSA) is 40.7 Å². The van der Waals surface area contributed by atoms with Crippen LogP contribution < -0.4 is 5.32 Å². The van der Waals surface area contributed by atoms with E-state index in [2.05, 4.69) is 22.2 Å². The lowest BCUT2D eigenvalue weighted by Gasteiger charge is -2.09. The average molecular weight is 292 g/mol. The number of thiophene rings is 1. The number of benzene rings is 1. The summed E-state index contributed by atoms with van der Waals surface area (Å²) in [5, 5.41) is 3.45. The van der Waals surface area contributed by atoms with Gasteiger partial charge in [-0.1, -0.05) is 23.7 Å². The first-order chi connectivity index (χ1) is 9.22. The minimum absolute atomic E-state index is 0.174. The van der Waals surface area contributed by atoms with Crippen LogP contribution >= 0.6 is 22.9 Å². The van der Waals surface area contributed by atoms with E-state index in [1.54, 1.807) is 11.3 Å². The van der Waals surface area contributed by atoms with E-state index in [1.165, 1.54) is 4.88 Å². The van der Waals surface area contributed by atoms with E-state index in [4.69, 9.17) is 11.6 Å². The zero-order chi connectivity index (χ0) is 13.2. The van der Waals surface area contributed by atoms with Crippen molar-refractivity contribution >= 4 is 34.0 Å². The minimum Gasteiger partial charge on any atom is -0.341 e. The SMILES string of the molecule is CC(NCc1ccc(Cl)s1)c1nc2ccccc2[nH]1. The van der Waals surface area contributed by atoms with E-state index >= 15 is 0 Å². The van der Waals surface area contributed by atoms with Crippen LogP contribution in [0.3, 0.4) is 0 Å². The number of nitrogens with one attached hydrogen (secondary N) is 2. The van der Waals surface area contributed by atoms with Crippen molar-refractivity contribution in [1.82, 2.24) is 15.3 Å². The Kier molecular flexibility index (Phi) is 3.55. The fourth-order valence-corrected chi connectivity index (χ4v) is 3.01. The maximum atomic E-state index is 5.92. The number of nitrogens with zero attached hydrogens (tertiary/aromatic N) is 1. The normalized spacial score (nSPS) is 12.9. The molecule has 1 unspecified atom stereocenters. The molecule has 3 rings (SSSR count). The molecule has 2 aromatic heterocycles. The highest BCUT2D eigenvalue weighted by Crippen LogP contribution is 2.22. The lowest BCUT2D eigenvalue weighted by atomic mass is 10.3. The Labute approximate surface area is 120 Å². The number of rotatable bonds is 4. The number of halogens is 1. The average Bonchev–Trinajstić information content (AvgIpc) is 3.01. The summed E-state index contributed by atoms with van der Waals surface area (Å²) < 4.78 is 0.827. The first-order valence-corrected chi connectivity index (χ1v) is 7.34. The Morgan fingerprint density at radius 2 is 2.16 bits per heavy atom. The number of fused-ring (bicyclic) bond motifs is 1. The first-order valence-electron chi connectivity index (χ1n) is 6.14. The van der Waals surface area contributed by atoms with Gasteiger partial charge in [0.1, 0.15) is 5.82 Å². The molecule has 19 heavy (non-hydrogen) atoms. The van der Waals surface area contributed by atoms with Crippen LogP contribution in [0, 0.1) is 0 Å². The molecular weight excluding hydrogens is 278 g/mol. The van der Waals surface area contributed by atoms with Crippen LogP contribution in [0.5, 0.6) is 0 Å². The second kappa shape index (κ2) is 5.33. The summed E-state index contributed by atoms with van der Waals surface area (Å²) in [7, 11) is 0. The van der Waals surface area contributed by atoms with Gasteiger partial charge in [-0.25, -0.2) is 4.98 Å². The summed E-state index contributed by atoms with van der Waals surface area (Å²) in [6, 6.07) is 12.2. The highest BCUT2D eigenvalue weighted by atomic mass is 35.5. The molecule has 0 bridgehead atoms. The minimum atomic E-state index is 0.174. The van der Waals surface area contributed by atoms with E-state index in [0.717, 1.165) is 27.7 Å². The second-order valence-electron chi connectivity index (χ2n) is 4.45. The Balaban J connectivity index is 1.71. The maximum absolute atomic E-state index is 5.92. The fraction of sp³-hybridized carbons (Fsp3) is 0.214. The van der Waals surface area contributed by atoms with Gasteiger partial charge in [-0.3, -0.25) is 0 Å². The lowest BCUT2D eigenvalue weighted by molar-refractivity contribution is 0.556. The first kappa shape index (κ1) is 12.7. The van der Waals surface area contributed by atoms with Crippen LogP contribution in [-0.2, 0) is 6.54 Å². The van der Waals surface area contributed by atoms with Gasteiger partial charge in [-0.15, -0.1) is 11.3 Å². The molecule has 0 spiro atoms. The van der Waals surface area contributed by atoms with E-state index in [-0.39, 0.29) is 6.04 Å². The predicted molar refractivity (Wildman–Crippen MR) is 80.7 cm³/mol. The second-order valence-corrected chi connectivity index (χ2v) is 6.25. The highest BCUT2D eigenvalue weighted by molar-refractivity contribution is 7.16. The summed E-state index contributed by atoms with van der Waals surface area (Å²) in [6.07, 6.45) is 0. The zero-order valence-corrected chi connectivity index (χ0v) is 12.1. The Morgan fingerprint density at radius 3 is 2.89 bits per heavy atom. The van der Waals surface area contributed by atoms with Gasteiger partial charge in [0.2, 0.25) is 0 Å². The van der Waals surface area contributed by atoms with Gasteiger partial charge in [0.15, 0.2) is 0 Å². The Bertz CT molecular complexity index is 656.